The molecule has 3 rings (SSSR count). The van der Waals surface area contributed by atoms with E-state index < -0.39 is 0 Å². The third-order valence-corrected chi connectivity index (χ3v) is 6.55. The topological polar surface area (TPSA) is 54.5 Å². The number of halogens is 2. The van der Waals surface area contributed by atoms with E-state index in [0.717, 1.165) is 80.3 Å². The molecule has 0 amide bonds. The minimum absolute atomic E-state index is 0.413. The number of benzene rings is 1. The van der Waals surface area contributed by atoms with E-state index in [1.165, 1.54) is 5.71 Å². The molecule has 0 radical (unpaired) electrons. The molecule has 1 aliphatic heterocycles. The van der Waals surface area contributed by atoms with Crippen LogP contribution in [0.4, 0.5) is 0 Å². The fourth-order valence-electron chi connectivity index (χ4n) is 3.94. The highest BCUT2D eigenvalue weighted by molar-refractivity contribution is 14.1. The zero-order chi connectivity index (χ0) is 21.1. The van der Waals surface area contributed by atoms with Gasteiger partial charge in [0.05, 0.1) is 18.8 Å². The zero-order valence-electron chi connectivity index (χ0n) is 17.4. The Morgan fingerprint density at radius 1 is 1.34 bits per heavy atom. The lowest BCUT2D eigenvalue weighted by molar-refractivity contribution is 0.460. The summed E-state index contributed by atoms with van der Waals surface area (Å²) < 4.78 is 1.13. The zero-order valence-corrected chi connectivity index (χ0v) is 20.3. The van der Waals surface area contributed by atoms with Crippen molar-refractivity contribution < 1.29 is 0 Å². The number of hydrogen-bond acceptors (Lipinski definition) is 4. The smallest absolute Gasteiger partial charge is 0.0699 e. The van der Waals surface area contributed by atoms with Gasteiger partial charge in [-0.15, -0.1) is 0 Å². The van der Waals surface area contributed by atoms with Gasteiger partial charge in [-0.2, -0.15) is 0 Å². The Balaban J connectivity index is 2.07. The lowest BCUT2D eigenvalue weighted by atomic mass is 9.91. The summed E-state index contributed by atoms with van der Waals surface area (Å²) in [5, 5.41) is 0.733. The molecule has 1 aromatic carbocycles. The van der Waals surface area contributed by atoms with Gasteiger partial charge in [-0.3, -0.25) is 9.98 Å². The molecule has 1 aliphatic rings. The number of aromatic nitrogens is 1. The van der Waals surface area contributed by atoms with Crippen LogP contribution in [0.1, 0.15) is 40.9 Å². The van der Waals surface area contributed by atoms with Crippen LogP contribution in [-0.2, 0) is 13.1 Å². The molecular weight excluding hydrogens is 495 g/mol. The van der Waals surface area contributed by atoms with Gasteiger partial charge in [0.15, 0.2) is 0 Å². The van der Waals surface area contributed by atoms with E-state index in [9.17, 15) is 0 Å². The van der Waals surface area contributed by atoms with Gasteiger partial charge < -0.3 is 10.6 Å². The summed E-state index contributed by atoms with van der Waals surface area (Å²) in [6.07, 6.45) is 2.15. The van der Waals surface area contributed by atoms with E-state index in [1.54, 1.807) is 0 Å². The molecule has 0 spiro atoms. The average Bonchev–Trinajstić information content (AvgIpc) is 2.99. The highest BCUT2D eigenvalue weighted by Crippen LogP contribution is 2.43. The summed E-state index contributed by atoms with van der Waals surface area (Å²) >= 11 is 9.08. The van der Waals surface area contributed by atoms with Crippen molar-refractivity contribution in [3.05, 3.63) is 57.9 Å². The molecule has 0 atom stereocenters. The highest BCUT2D eigenvalue weighted by atomic mass is 127. The Morgan fingerprint density at radius 3 is 2.72 bits per heavy atom. The van der Waals surface area contributed by atoms with Crippen molar-refractivity contribution in [1.29, 1.82) is 0 Å². The second-order valence-electron chi connectivity index (χ2n) is 7.45. The molecule has 2 N–H and O–H groups in total. The van der Waals surface area contributed by atoms with Crippen molar-refractivity contribution in [3.63, 3.8) is 0 Å². The second-order valence-corrected chi connectivity index (χ2v) is 8.93. The summed E-state index contributed by atoms with van der Waals surface area (Å²) in [6.45, 7) is 10.4. The number of nitrogens with zero attached hydrogens (tertiary/aromatic N) is 3. The van der Waals surface area contributed by atoms with Gasteiger partial charge in [0.1, 0.15) is 0 Å². The van der Waals surface area contributed by atoms with Gasteiger partial charge in [-0.25, -0.2) is 0 Å². The quantitative estimate of drug-likeness (QED) is 0.295. The predicted octanol–water partition coefficient (Wildman–Crippen LogP) is 5.55. The third kappa shape index (κ3) is 4.52. The van der Waals surface area contributed by atoms with Gasteiger partial charge in [0, 0.05) is 52.4 Å². The van der Waals surface area contributed by atoms with Crippen LogP contribution in [0.25, 0.3) is 16.8 Å². The third-order valence-electron chi connectivity index (χ3n) is 5.48. The maximum Gasteiger partial charge on any atom is 0.0699 e. The highest BCUT2D eigenvalue weighted by Gasteiger charge is 2.30. The van der Waals surface area contributed by atoms with E-state index in [0.29, 0.717) is 6.54 Å². The maximum absolute atomic E-state index is 6.67. The van der Waals surface area contributed by atoms with Crippen LogP contribution in [0.5, 0.6) is 0 Å². The Morgan fingerprint density at radius 2 is 2.10 bits per heavy atom. The van der Waals surface area contributed by atoms with Crippen LogP contribution in [-0.4, -0.2) is 33.6 Å². The van der Waals surface area contributed by atoms with Crippen LogP contribution < -0.4 is 5.73 Å². The number of pyridine rings is 1. The number of aliphatic imine (C=N–C) groups is 1. The lowest BCUT2D eigenvalue weighted by Gasteiger charge is -2.21. The molecule has 2 heterocycles. The van der Waals surface area contributed by atoms with Crippen LogP contribution in [0, 0.1) is 13.8 Å². The average molecular weight is 523 g/mol. The standard InChI is InChI=1S/C23H28ClIN4/c1-14-7-8-18(20(24)10-14)23-19(11-26)15(2)28-21-13-29(16(3)22(21)23)12-17(27-4)6-5-9-25/h7-8,10H,3,5-6,9,11-13,26H2,1-2,4H3/b27-17+. The molecular formula is C23H28ClIN4. The molecule has 29 heavy (non-hydrogen) atoms. The maximum atomic E-state index is 6.67. The number of fused-ring (bicyclic) bond motifs is 1. The molecule has 2 aromatic rings. The van der Waals surface area contributed by atoms with Crippen LogP contribution in [0.2, 0.25) is 5.02 Å². The first-order valence-corrected chi connectivity index (χ1v) is 11.7. The Labute approximate surface area is 192 Å². The minimum atomic E-state index is 0.413. The first-order chi connectivity index (χ1) is 13.9. The first kappa shape index (κ1) is 22.2. The predicted molar refractivity (Wildman–Crippen MR) is 133 cm³/mol. The van der Waals surface area contributed by atoms with Gasteiger partial charge in [-0.05, 0) is 48.3 Å². The number of nitrogens with two attached hydrogens (primary N) is 1. The molecule has 0 saturated carbocycles. The molecule has 6 heteroatoms. The van der Waals surface area contributed by atoms with Gasteiger partial charge >= 0.3 is 0 Å². The molecule has 154 valence electrons. The molecule has 0 saturated heterocycles. The summed E-state index contributed by atoms with van der Waals surface area (Å²) in [5.74, 6) is 0. The fraction of sp³-hybridized carbons (Fsp3) is 0.391. The SMILES string of the molecule is C=C1c2c(nc(C)c(CN)c2-c2ccc(C)cc2Cl)CN1C/C(CCCI)=N/C. The molecule has 0 unspecified atom stereocenters. The van der Waals surface area contributed by atoms with E-state index in [-0.39, 0.29) is 0 Å². The summed E-state index contributed by atoms with van der Waals surface area (Å²) in [7, 11) is 1.88. The van der Waals surface area contributed by atoms with E-state index in [2.05, 4.69) is 51.2 Å². The summed E-state index contributed by atoms with van der Waals surface area (Å²) in [6, 6.07) is 6.17. The summed E-state index contributed by atoms with van der Waals surface area (Å²) in [5.41, 5.74) is 15.6. The van der Waals surface area contributed by atoms with Crippen LogP contribution in [0.3, 0.4) is 0 Å². The van der Waals surface area contributed by atoms with Crippen molar-refractivity contribution in [2.24, 2.45) is 10.7 Å². The van der Waals surface area contributed by atoms with Gasteiger partial charge in [0.2, 0.25) is 0 Å². The Kier molecular flexibility index (Phi) is 7.35. The number of alkyl halides is 1. The Bertz CT molecular complexity index is 968. The molecule has 4 nitrogen and oxygen atoms in total. The first-order valence-electron chi connectivity index (χ1n) is 9.84. The van der Waals surface area contributed by atoms with E-state index >= 15 is 0 Å². The van der Waals surface area contributed by atoms with Crippen molar-refractivity contribution in [2.75, 3.05) is 18.0 Å². The molecule has 0 fully saturated rings. The van der Waals surface area contributed by atoms with Crippen LogP contribution in [0.15, 0.2) is 29.8 Å². The summed E-state index contributed by atoms with van der Waals surface area (Å²) in [4.78, 5) is 11.7. The van der Waals surface area contributed by atoms with Crippen molar-refractivity contribution >= 4 is 45.6 Å². The molecule has 0 aliphatic carbocycles. The fourth-order valence-corrected chi connectivity index (χ4v) is 4.65. The van der Waals surface area contributed by atoms with Crippen LogP contribution >= 0.6 is 34.2 Å². The Hall–Kier alpha value is -1.44. The molecule has 0 bridgehead atoms. The largest absolute Gasteiger partial charge is 0.360 e. The van der Waals surface area contributed by atoms with Crippen molar-refractivity contribution in [1.82, 2.24) is 9.88 Å². The van der Waals surface area contributed by atoms with E-state index in [4.69, 9.17) is 22.3 Å². The van der Waals surface area contributed by atoms with E-state index in [1.807, 2.05) is 27.0 Å². The molecule has 1 aromatic heterocycles. The number of hydrogen-bond donors (Lipinski definition) is 1. The lowest BCUT2D eigenvalue weighted by Crippen LogP contribution is -2.24. The number of aryl methyl sites for hydroxylation is 2. The monoisotopic (exact) mass is 522 g/mol. The normalized spacial score (nSPS) is 13.9. The van der Waals surface area contributed by atoms with Gasteiger partial charge in [0.25, 0.3) is 0 Å². The van der Waals surface area contributed by atoms with Gasteiger partial charge in [-0.1, -0.05) is 52.9 Å². The second kappa shape index (κ2) is 9.58. The van der Waals surface area contributed by atoms with Crippen molar-refractivity contribution in [3.8, 4) is 11.1 Å². The minimum Gasteiger partial charge on any atom is -0.360 e. The van der Waals surface area contributed by atoms with Crippen molar-refractivity contribution in [2.45, 2.75) is 39.8 Å². The number of rotatable bonds is 7.